The van der Waals surface area contributed by atoms with Gasteiger partial charge in [0.1, 0.15) is 5.76 Å². The average molecular weight is 214 g/mol. The Labute approximate surface area is 94.8 Å². The molecule has 0 saturated carbocycles. The van der Waals surface area contributed by atoms with Gasteiger partial charge < -0.3 is 9.84 Å². The first-order valence-electron chi connectivity index (χ1n) is 5.27. The van der Waals surface area contributed by atoms with Crippen LogP contribution in [0.25, 0.3) is 6.08 Å². The van der Waals surface area contributed by atoms with Gasteiger partial charge in [-0.05, 0) is 5.56 Å². The highest BCUT2D eigenvalue weighted by Gasteiger charge is 1.93. The van der Waals surface area contributed by atoms with E-state index in [0.29, 0.717) is 6.54 Å². The van der Waals surface area contributed by atoms with Gasteiger partial charge in [-0.25, -0.2) is 0 Å². The van der Waals surface area contributed by atoms with E-state index >= 15 is 0 Å². The third-order valence-electron chi connectivity index (χ3n) is 2.16. The number of rotatable bonds is 5. The summed E-state index contributed by atoms with van der Waals surface area (Å²) in [4.78, 5) is 0. The Balaban J connectivity index is 1.70. The van der Waals surface area contributed by atoms with Crippen LogP contribution in [0.1, 0.15) is 11.3 Å². The van der Waals surface area contributed by atoms with Crippen molar-refractivity contribution in [3.8, 4) is 0 Å². The molecule has 3 heteroatoms. The van der Waals surface area contributed by atoms with Gasteiger partial charge in [0.25, 0.3) is 0 Å². The molecule has 0 atom stereocenters. The maximum atomic E-state index is 4.96. The minimum atomic E-state index is 0.707. The molecule has 2 rings (SSSR count). The summed E-state index contributed by atoms with van der Waals surface area (Å²) < 4.78 is 4.96. The fraction of sp³-hybridized carbons (Fsp3) is 0.154. The van der Waals surface area contributed by atoms with Crippen molar-refractivity contribution in [2.24, 2.45) is 0 Å². The van der Waals surface area contributed by atoms with Gasteiger partial charge in [-0.15, -0.1) is 0 Å². The molecule has 0 radical (unpaired) electrons. The molecular weight excluding hydrogens is 200 g/mol. The minimum absolute atomic E-state index is 0.707. The molecule has 0 aliphatic heterocycles. The topological polar surface area (TPSA) is 38.1 Å². The first-order valence-corrected chi connectivity index (χ1v) is 5.27. The van der Waals surface area contributed by atoms with E-state index in [1.165, 1.54) is 5.56 Å². The van der Waals surface area contributed by atoms with Crippen LogP contribution in [0.3, 0.4) is 0 Å². The lowest BCUT2D eigenvalue weighted by Crippen LogP contribution is -2.11. The van der Waals surface area contributed by atoms with E-state index in [1.54, 1.807) is 6.20 Å². The molecule has 0 aliphatic carbocycles. The van der Waals surface area contributed by atoms with E-state index in [4.69, 9.17) is 4.52 Å². The maximum Gasteiger partial charge on any atom is 0.150 e. The van der Waals surface area contributed by atoms with Crippen LogP contribution in [0.15, 0.2) is 53.2 Å². The first kappa shape index (κ1) is 10.6. The number of nitrogens with zero attached hydrogens (tertiary/aromatic N) is 1. The Morgan fingerprint density at radius 3 is 2.81 bits per heavy atom. The Hall–Kier alpha value is -1.87. The minimum Gasteiger partial charge on any atom is -0.360 e. The molecule has 0 saturated heterocycles. The zero-order valence-electron chi connectivity index (χ0n) is 8.97. The first-order chi connectivity index (χ1) is 7.95. The fourth-order valence-electron chi connectivity index (χ4n) is 1.37. The van der Waals surface area contributed by atoms with Crippen LogP contribution in [0.4, 0.5) is 0 Å². The zero-order valence-corrected chi connectivity index (χ0v) is 8.97. The fourth-order valence-corrected chi connectivity index (χ4v) is 1.37. The lowest BCUT2D eigenvalue weighted by Gasteiger charge is -1.96. The third-order valence-corrected chi connectivity index (χ3v) is 2.16. The van der Waals surface area contributed by atoms with Crippen LogP contribution >= 0.6 is 0 Å². The zero-order chi connectivity index (χ0) is 11.1. The standard InChI is InChI=1S/C13H14N2O/c1-2-5-12(6-3-1)7-4-9-14-11-13-8-10-15-16-13/h1-8,10,14H,9,11H2/b7-4+. The molecule has 1 heterocycles. The van der Waals surface area contributed by atoms with Gasteiger partial charge in [0.15, 0.2) is 0 Å². The summed E-state index contributed by atoms with van der Waals surface area (Å²) >= 11 is 0. The maximum absolute atomic E-state index is 4.96. The summed E-state index contributed by atoms with van der Waals surface area (Å²) in [5.74, 6) is 0.855. The molecule has 3 nitrogen and oxygen atoms in total. The van der Waals surface area contributed by atoms with Crippen molar-refractivity contribution < 1.29 is 4.52 Å². The Morgan fingerprint density at radius 1 is 1.19 bits per heavy atom. The van der Waals surface area contributed by atoms with E-state index in [1.807, 2.05) is 24.3 Å². The molecule has 0 aliphatic rings. The van der Waals surface area contributed by atoms with Crippen molar-refractivity contribution in [3.63, 3.8) is 0 Å². The molecule has 2 aromatic rings. The smallest absolute Gasteiger partial charge is 0.150 e. The molecule has 1 N–H and O–H groups in total. The van der Waals surface area contributed by atoms with Gasteiger partial charge >= 0.3 is 0 Å². The van der Waals surface area contributed by atoms with E-state index in [0.717, 1.165) is 12.3 Å². The largest absolute Gasteiger partial charge is 0.360 e. The highest BCUT2D eigenvalue weighted by Crippen LogP contribution is 2.00. The Kier molecular flexibility index (Phi) is 3.91. The molecule has 0 unspecified atom stereocenters. The number of nitrogens with one attached hydrogen (secondary N) is 1. The molecule has 1 aromatic heterocycles. The van der Waals surface area contributed by atoms with E-state index in [-0.39, 0.29) is 0 Å². The summed E-state index contributed by atoms with van der Waals surface area (Å²) in [5, 5.41) is 6.87. The van der Waals surface area contributed by atoms with E-state index in [9.17, 15) is 0 Å². The third kappa shape index (κ3) is 3.37. The van der Waals surface area contributed by atoms with Crippen LogP contribution in [-0.4, -0.2) is 11.7 Å². The summed E-state index contributed by atoms with van der Waals surface area (Å²) in [7, 11) is 0. The lowest BCUT2D eigenvalue weighted by molar-refractivity contribution is 0.375. The van der Waals surface area contributed by atoms with Gasteiger partial charge in [0.2, 0.25) is 0 Å². The van der Waals surface area contributed by atoms with Gasteiger partial charge in [0.05, 0.1) is 12.7 Å². The summed E-state index contributed by atoms with van der Waals surface area (Å²) in [6.07, 6.45) is 5.83. The molecule has 0 fully saturated rings. The Bertz CT molecular complexity index is 420. The van der Waals surface area contributed by atoms with E-state index in [2.05, 4.69) is 34.8 Å². The lowest BCUT2D eigenvalue weighted by atomic mass is 10.2. The summed E-state index contributed by atoms with van der Waals surface area (Å²) in [6.45, 7) is 1.52. The second kappa shape index (κ2) is 5.88. The van der Waals surface area contributed by atoms with Gasteiger partial charge in [0, 0.05) is 12.6 Å². The van der Waals surface area contributed by atoms with Crippen molar-refractivity contribution in [2.45, 2.75) is 6.54 Å². The summed E-state index contributed by atoms with van der Waals surface area (Å²) in [6, 6.07) is 12.1. The van der Waals surface area contributed by atoms with Crippen molar-refractivity contribution in [1.29, 1.82) is 0 Å². The van der Waals surface area contributed by atoms with Crippen molar-refractivity contribution >= 4 is 6.08 Å². The average Bonchev–Trinajstić information content (AvgIpc) is 2.83. The van der Waals surface area contributed by atoms with Crippen molar-refractivity contribution in [2.75, 3.05) is 6.54 Å². The predicted molar refractivity (Wildman–Crippen MR) is 63.7 cm³/mol. The van der Waals surface area contributed by atoms with Gasteiger partial charge in [-0.2, -0.15) is 0 Å². The number of hydrogen-bond acceptors (Lipinski definition) is 3. The normalized spacial score (nSPS) is 11.0. The monoisotopic (exact) mass is 214 g/mol. The number of aromatic nitrogens is 1. The predicted octanol–water partition coefficient (Wildman–Crippen LogP) is 2.48. The van der Waals surface area contributed by atoms with Gasteiger partial charge in [-0.3, -0.25) is 0 Å². The SMILES string of the molecule is C(=C\c1ccccc1)/CNCc1ccno1. The molecule has 0 bridgehead atoms. The van der Waals surface area contributed by atoms with E-state index < -0.39 is 0 Å². The molecule has 82 valence electrons. The molecule has 0 spiro atoms. The quantitative estimate of drug-likeness (QED) is 0.777. The van der Waals surface area contributed by atoms with Crippen molar-refractivity contribution in [1.82, 2.24) is 10.5 Å². The van der Waals surface area contributed by atoms with Gasteiger partial charge in [-0.1, -0.05) is 47.6 Å². The highest BCUT2D eigenvalue weighted by molar-refractivity contribution is 5.48. The van der Waals surface area contributed by atoms with Crippen LogP contribution in [-0.2, 0) is 6.54 Å². The number of hydrogen-bond donors (Lipinski definition) is 1. The van der Waals surface area contributed by atoms with Crippen LogP contribution in [0.5, 0.6) is 0 Å². The molecular formula is C13H14N2O. The van der Waals surface area contributed by atoms with Crippen LogP contribution < -0.4 is 5.32 Å². The second-order valence-electron chi connectivity index (χ2n) is 3.42. The van der Waals surface area contributed by atoms with Crippen LogP contribution in [0.2, 0.25) is 0 Å². The Morgan fingerprint density at radius 2 is 2.06 bits per heavy atom. The molecule has 16 heavy (non-hydrogen) atoms. The summed E-state index contributed by atoms with van der Waals surface area (Å²) in [5.41, 5.74) is 1.21. The van der Waals surface area contributed by atoms with Crippen LogP contribution in [0, 0.1) is 0 Å². The molecule has 0 amide bonds. The highest BCUT2D eigenvalue weighted by atomic mass is 16.5. The second-order valence-corrected chi connectivity index (χ2v) is 3.42. The number of benzene rings is 1. The van der Waals surface area contributed by atoms with Crippen molar-refractivity contribution in [3.05, 3.63) is 60.0 Å². The molecule has 1 aromatic carbocycles.